The average Bonchev–Trinajstić information content (AvgIpc) is 3.15. The van der Waals surface area contributed by atoms with Crippen molar-refractivity contribution in [2.45, 2.75) is 13.1 Å². The van der Waals surface area contributed by atoms with Gasteiger partial charge in [-0.05, 0) is 25.1 Å². The van der Waals surface area contributed by atoms with Gasteiger partial charge in [-0.25, -0.2) is 9.97 Å². The van der Waals surface area contributed by atoms with E-state index in [9.17, 15) is 18.3 Å². The van der Waals surface area contributed by atoms with Gasteiger partial charge in [0.1, 0.15) is 5.75 Å². The summed E-state index contributed by atoms with van der Waals surface area (Å²) in [5.74, 6) is -0.145. The molecule has 0 spiro atoms. The minimum absolute atomic E-state index is 0.0126. The molecule has 0 unspecified atom stereocenters. The average molecular weight is 442 g/mol. The number of fused-ring (bicyclic) bond motifs is 2. The lowest BCUT2D eigenvalue weighted by molar-refractivity contribution is -0.136. The number of anilines is 1. The monoisotopic (exact) mass is 442 g/mol. The van der Waals surface area contributed by atoms with Crippen LogP contribution in [0.2, 0.25) is 0 Å². The molecule has 1 aromatic carbocycles. The van der Waals surface area contributed by atoms with Gasteiger partial charge < -0.3 is 15.3 Å². The van der Waals surface area contributed by atoms with E-state index in [1.807, 2.05) is 4.90 Å². The summed E-state index contributed by atoms with van der Waals surface area (Å²) in [5, 5.41) is 18.9. The van der Waals surface area contributed by atoms with Crippen molar-refractivity contribution >= 4 is 27.6 Å². The Hall–Kier alpha value is -3.40. The molecule has 0 radical (unpaired) electrons. The maximum absolute atomic E-state index is 14.1. The van der Waals surface area contributed by atoms with E-state index in [0.717, 1.165) is 19.2 Å². The minimum Gasteiger partial charge on any atom is -0.507 e. The second-order valence-electron chi connectivity index (χ2n) is 7.99. The summed E-state index contributed by atoms with van der Waals surface area (Å²) < 4.78 is 43.8. The molecule has 32 heavy (non-hydrogen) atoms. The number of phenolic OH excluding ortho intramolecular Hbond substituents is 1. The van der Waals surface area contributed by atoms with Crippen LogP contribution in [0.4, 0.5) is 18.9 Å². The Morgan fingerprint density at radius 3 is 2.59 bits per heavy atom. The third-order valence-electron chi connectivity index (χ3n) is 5.84. The van der Waals surface area contributed by atoms with Crippen LogP contribution in [0.1, 0.15) is 11.1 Å². The first-order chi connectivity index (χ1) is 15.2. The Kier molecular flexibility index (Phi) is 4.70. The van der Waals surface area contributed by atoms with Gasteiger partial charge in [0, 0.05) is 61.3 Å². The Morgan fingerprint density at radius 1 is 1.12 bits per heavy atom. The maximum atomic E-state index is 14.1. The summed E-state index contributed by atoms with van der Waals surface area (Å²) in [6, 6.07) is 4.10. The number of aromatic hydroxyl groups is 1. The number of hydrogen-bond acceptors (Lipinski definition) is 6. The molecule has 0 bridgehead atoms. The topological polar surface area (TPSA) is 79.1 Å². The number of phenols is 1. The minimum atomic E-state index is -4.61. The zero-order chi connectivity index (χ0) is 22.6. The molecule has 166 valence electrons. The first-order valence-electron chi connectivity index (χ1n) is 10.2. The predicted molar refractivity (Wildman–Crippen MR) is 116 cm³/mol. The van der Waals surface area contributed by atoms with Gasteiger partial charge in [0.15, 0.2) is 5.65 Å². The largest absolute Gasteiger partial charge is 0.507 e. The normalized spacial score (nSPS) is 15.1. The third-order valence-corrected chi connectivity index (χ3v) is 5.84. The number of aryl methyl sites for hydroxylation is 2. The summed E-state index contributed by atoms with van der Waals surface area (Å²) in [6.45, 7) is 4.59. The van der Waals surface area contributed by atoms with E-state index in [4.69, 9.17) is 0 Å². The van der Waals surface area contributed by atoms with Crippen LogP contribution in [0.5, 0.6) is 5.75 Å². The lowest BCUT2D eigenvalue weighted by atomic mass is 10.0. The van der Waals surface area contributed by atoms with E-state index in [1.54, 1.807) is 37.1 Å². The van der Waals surface area contributed by atoms with Gasteiger partial charge in [-0.3, -0.25) is 4.68 Å². The first-order valence-corrected chi connectivity index (χ1v) is 10.2. The molecule has 0 saturated carbocycles. The molecule has 1 aliphatic rings. The van der Waals surface area contributed by atoms with Crippen molar-refractivity contribution in [2.24, 2.45) is 7.05 Å². The van der Waals surface area contributed by atoms with Crippen molar-refractivity contribution in [2.75, 3.05) is 31.1 Å². The molecule has 0 aliphatic carbocycles. The Balaban J connectivity index is 1.71. The number of piperazine rings is 1. The third kappa shape index (κ3) is 3.40. The zero-order valence-corrected chi connectivity index (χ0v) is 17.5. The van der Waals surface area contributed by atoms with Gasteiger partial charge in [-0.2, -0.15) is 18.3 Å². The van der Waals surface area contributed by atoms with Crippen LogP contribution in [0.25, 0.3) is 33.2 Å². The summed E-state index contributed by atoms with van der Waals surface area (Å²) >= 11 is 0. The zero-order valence-electron chi connectivity index (χ0n) is 17.5. The maximum Gasteiger partial charge on any atom is 0.417 e. The molecular formula is C22H21F3N6O. The fourth-order valence-electron chi connectivity index (χ4n) is 4.20. The van der Waals surface area contributed by atoms with Crippen LogP contribution < -0.4 is 10.2 Å². The first kappa shape index (κ1) is 20.5. The molecule has 2 N–H and O–H groups in total. The van der Waals surface area contributed by atoms with E-state index < -0.39 is 11.7 Å². The summed E-state index contributed by atoms with van der Waals surface area (Å²) in [7, 11) is 1.74. The molecule has 0 atom stereocenters. The second kappa shape index (κ2) is 7.33. The fraction of sp³-hybridized carbons (Fsp3) is 0.318. The van der Waals surface area contributed by atoms with Gasteiger partial charge in [0.05, 0.1) is 28.7 Å². The van der Waals surface area contributed by atoms with Crippen LogP contribution >= 0.6 is 0 Å². The van der Waals surface area contributed by atoms with E-state index in [0.29, 0.717) is 35.2 Å². The van der Waals surface area contributed by atoms with E-state index in [2.05, 4.69) is 20.4 Å². The molecule has 7 nitrogen and oxygen atoms in total. The number of aromatic nitrogens is 4. The standard InChI is InChI=1S/C22H21F3N6O/c1-12-19-13(11-30(2)29-19)7-16(20(12)32)18-9-17(22(23,24)25)15-8-14(10-27-21(15)28-18)31-5-3-26-4-6-31/h7-11,26,32H,3-6H2,1-2H3. The highest BCUT2D eigenvalue weighted by Crippen LogP contribution is 2.41. The highest BCUT2D eigenvalue weighted by Gasteiger charge is 2.34. The van der Waals surface area contributed by atoms with Crippen molar-refractivity contribution in [1.82, 2.24) is 25.1 Å². The fourth-order valence-corrected chi connectivity index (χ4v) is 4.20. The molecule has 4 aromatic rings. The number of hydrogen-bond donors (Lipinski definition) is 2. The lowest BCUT2D eigenvalue weighted by Crippen LogP contribution is -2.43. The molecule has 1 fully saturated rings. The lowest BCUT2D eigenvalue weighted by Gasteiger charge is -2.29. The van der Waals surface area contributed by atoms with Crippen molar-refractivity contribution in [3.8, 4) is 17.0 Å². The number of pyridine rings is 2. The number of alkyl halides is 3. The van der Waals surface area contributed by atoms with Crippen LogP contribution in [-0.2, 0) is 13.2 Å². The molecule has 3 aromatic heterocycles. The molecule has 5 rings (SSSR count). The quantitative estimate of drug-likeness (QED) is 0.494. The van der Waals surface area contributed by atoms with Crippen molar-refractivity contribution < 1.29 is 18.3 Å². The molecular weight excluding hydrogens is 421 g/mol. The van der Waals surface area contributed by atoms with E-state index in [1.165, 1.54) is 6.07 Å². The van der Waals surface area contributed by atoms with E-state index >= 15 is 0 Å². The van der Waals surface area contributed by atoms with Gasteiger partial charge in [0.2, 0.25) is 0 Å². The number of halogens is 3. The molecule has 1 aliphatic heterocycles. The van der Waals surface area contributed by atoms with Crippen molar-refractivity contribution in [1.29, 1.82) is 0 Å². The summed E-state index contributed by atoms with van der Waals surface area (Å²) in [5.41, 5.74) is 1.08. The van der Waals surface area contributed by atoms with Gasteiger partial charge in [-0.1, -0.05) is 0 Å². The Labute approximate surface area is 181 Å². The summed E-state index contributed by atoms with van der Waals surface area (Å²) in [4.78, 5) is 10.7. The number of nitrogens with one attached hydrogen (secondary N) is 1. The highest BCUT2D eigenvalue weighted by atomic mass is 19.4. The number of benzene rings is 1. The van der Waals surface area contributed by atoms with Crippen LogP contribution in [-0.4, -0.2) is 51.0 Å². The summed E-state index contributed by atoms with van der Waals surface area (Å²) in [6.07, 6.45) is -1.31. The number of nitrogens with zero attached hydrogens (tertiary/aromatic N) is 5. The molecule has 1 saturated heterocycles. The molecule has 4 heterocycles. The van der Waals surface area contributed by atoms with Crippen LogP contribution in [0.15, 0.2) is 30.6 Å². The Morgan fingerprint density at radius 2 is 1.88 bits per heavy atom. The van der Waals surface area contributed by atoms with Gasteiger partial charge in [-0.15, -0.1) is 0 Å². The van der Waals surface area contributed by atoms with Crippen molar-refractivity contribution in [3.05, 3.63) is 41.7 Å². The Bertz CT molecular complexity index is 1340. The highest BCUT2D eigenvalue weighted by molar-refractivity contribution is 5.92. The van der Waals surface area contributed by atoms with Gasteiger partial charge >= 0.3 is 6.18 Å². The van der Waals surface area contributed by atoms with Gasteiger partial charge in [0.25, 0.3) is 0 Å². The SMILES string of the molecule is Cc1c(O)c(-c2cc(C(F)(F)F)c3cc(N4CCNCC4)cnc3n2)cc2cn(C)nc12. The van der Waals surface area contributed by atoms with Crippen LogP contribution in [0.3, 0.4) is 0 Å². The smallest absolute Gasteiger partial charge is 0.417 e. The van der Waals surface area contributed by atoms with Crippen LogP contribution in [0, 0.1) is 6.92 Å². The van der Waals surface area contributed by atoms with E-state index in [-0.39, 0.29) is 28.0 Å². The molecule has 0 amide bonds. The van der Waals surface area contributed by atoms with Crippen molar-refractivity contribution in [3.63, 3.8) is 0 Å². The second-order valence-corrected chi connectivity index (χ2v) is 7.99. The number of rotatable bonds is 2. The predicted octanol–water partition coefficient (Wildman–Crippen LogP) is 3.63. The molecule has 10 heteroatoms.